The number of nitrogens with one attached hydrogen (secondary N) is 1. The van der Waals surface area contributed by atoms with Crippen LogP contribution >= 0.6 is 27.5 Å². The molecular weight excluding hydrogens is 333 g/mol. The molecular formula is C14H10BrClFNO. The first-order valence-electron chi connectivity index (χ1n) is 5.50. The molecule has 0 radical (unpaired) electrons. The minimum Gasteiger partial charge on any atom is -0.322 e. The molecule has 0 saturated heterocycles. The highest BCUT2D eigenvalue weighted by Crippen LogP contribution is 2.22. The van der Waals surface area contributed by atoms with Crippen molar-refractivity contribution >= 4 is 39.1 Å². The third kappa shape index (κ3) is 3.33. The van der Waals surface area contributed by atoms with Crippen molar-refractivity contribution in [2.45, 2.75) is 6.92 Å². The number of hydrogen-bond donors (Lipinski definition) is 1. The van der Waals surface area contributed by atoms with Crippen LogP contribution in [0.3, 0.4) is 0 Å². The molecule has 0 bridgehead atoms. The van der Waals surface area contributed by atoms with Crippen molar-refractivity contribution in [2.24, 2.45) is 0 Å². The number of rotatable bonds is 2. The summed E-state index contributed by atoms with van der Waals surface area (Å²) in [5, 5.41) is 2.81. The van der Waals surface area contributed by atoms with Crippen molar-refractivity contribution in [3.63, 3.8) is 0 Å². The fraction of sp³-hybridized carbons (Fsp3) is 0.0714. The van der Waals surface area contributed by atoms with Crippen LogP contribution in [0.1, 0.15) is 15.9 Å². The van der Waals surface area contributed by atoms with Crippen LogP contribution in [0.5, 0.6) is 0 Å². The summed E-state index contributed by atoms with van der Waals surface area (Å²) in [6, 6.07) is 9.12. The van der Waals surface area contributed by atoms with Crippen LogP contribution in [-0.4, -0.2) is 5.91 Å². The molecule has 2 aromatic rings. The summed E-state index contributed by atoms with van der Waals surface area (Å²) in [7, 11) is 0. The SMILES string of the molecule is Cc1cc(NC(=O)c2ccc(F)cc2Cl)ccc1Br. The smallest absolute Gasteiger partial charge is 0.257 e. The quantitative estimate of drug-likeness (QED) is 0.834. The minimum absolute atomic E-state index is 0.0892. The van der Waals surface area contributed by atoms with E-state index in [9.17, 15) is 9.18 Å². The number of carbonyl (C=O) groups is 1. The van der Waals surface area contributed by atoms with E-state index in [-0.39, 0.29) is 16.5 Å². The molecule has 19 heavy (non-hydrogen) atoms. The predicted molar refractivity (Wildman–Crippen MR) is 78.2 cm³/mol. The Morgan fingerprint density at radius 3 is 2.63 bits per heavy atom. The van der Waals surface area contributed by atoms with Gasteiger partial charge in [-0.1, -0.05) is 27.5 Å². The Morgan fingerprint density at radius 2 is 2.00 bits per heavy atom. The molecule has 2 aromatic carbocycles. The summed E-state index contributed by atoms with van der Waals surface area (Å²) in [4.78, 5) is 12.0. The second kappa shape index (κ2) is 5.72. The van der Waals surface area contributed by atoms with Crippen LogP contribution in [0.15, 0.2) is 40.9 Å². The molecule has 0 spiro atoms. The number of aryl methyl sites for hydroxylation is 1. The number of amides is 1. The van der Waals surface area contributed by atoms with Crippen molar-refractivity contribution in [3.8, 4) is 0 Å². The molecule has 1 N–H and O–H groups in total. The van der Waals surface area contributed by atoms with Gasteiger partial charge in [-0.15, -0.1) is 0 Å². The van der Waals surface area contributed by atoms with Crippen molar-refractivity contribution in [1.82, 2.24) is 0 Å². The maximum absolute atomic E-state index is 12.9. The largest absolute Gasteiger partial charge is 0.322 e. The van der Waals surface area contributed by atoms with Crippen LogP contribution in [0.2, 0.25) is 5.02 Å². The highest BCUT2D eigenvalue weighted by molar-refractivity contribution is 9.10. The van der Waals surface area contributed by atoms with E-state index in [1.807, 2.05) is 19.1 Å². The van der Waals surface area contributed by atoms with Gasteiger partial charge in [-0.2, -0.15) is 0 Å². The van der Waals surface area contributed by atoms with E-state index in [4.69, 9.17) is 11.6 Å². The van der Waals surface area contributed by atoms with Crippen LogP contribution < -0.4 is 5.32 Å². The van der Waals surface area contributed by atoms with E-state index in [1.54, 1.807) is 6.07 Å². The number of benzene rings is 2. The van der Waals surface area contributed by atoms with Crippen LogP contribution in [0.4, 0.5) is 10.1 Å². The fourth-order valence-corrected chi connectivity index (χ4v) is 2.09. The van der Waals surface area contributed by atoms with Gasteiger partial charge in [0.05, 0.1) is 10.6 Å². The summed E-state index contributed by atoms with van der Waals surface area (Å²) in [5.74, 6) is -0.840. The highest BCUT2D eigenvalue weighted by atomic mass is 79.9. The second-order valence-electron chi connectivity index (χ2n) is 4.04. The van der Waals surface area contributed by atoms with Crippen LogP contribution in [0.25, 0.3) is 0 Å². The highest BCUT2D eigenvalue weighted by Gasteiger charge is 2.11. The van der Waals surface area contributed by atoms with E-state index < -0.39 is 5.82 Å². The summed E-state index contributed by atoms with van der Waals surface area (Å²) in [6.45, 7) is 1.92. The number of hydrogen-bond acceptors (Lipinski definition) is 1. The third-order valence-corrected chi connectivity index (χ3v) is 3.79. The second-order valence-corrected chi connectivity index (χ2v) is 5.30. The molecule has 0 unspecified atom stereocenters. The molecule has 98 valence electrons. The molecule has 0 aromatic heterocycles. The topological polar surface area (TPSA) is 29.1 Å². The molecule has 2 rings (SSSR count). The van der Waals surface area contributed by atoms with E-state index >= 15 is 0 Å². The van der Waals surface area contributed by atoms with Gasteiger partial charge in [0, 0.05) is 10.2 Å². The minimum atomic E-state index is -0.471. The molecule has 0 fully saturated rings. The first-order valence-corrected chi connectivity index (χ1v) is 6.67. The Balaban J connectivity index is 2.23. The molecule has 2 nitrogen and oxygen atoms in total. The van der Waals surface area contributed by atoms with E-state index in [0.717, 1.165) is 16.1 Å². The standard InChI is InChI=1S/C14H10BrClFNO/c1-8-6-10(3-5-12(8)15)18-14(19)11-4-2-9(17)7-13(11)16/h2-7H,1H3,(H,18,19). The molecule has 0 heterocycles. The average Bonchev–Trinajstić information content (AvgIpc) is 2.33. The summed E-state index contributed by atoms with van der Waals surface area (Å²) in [6.07, 6.45) is 0. The number of anilines is 1. The monoisotopic (exact) mass is 341 g/mol. The maximum Gasteiger partial charge on any atom is 0.257 e. The lowest BCUT2D eigenvalue weighted by Gasteiger charge is -2.08. The van der Waals surface area contributed by atoms with E-state index in [0.29, 0.717) is 5.69 Å². The van der Waals surface area contributed by atoms with E-state index in [1.165, 1.54) is 12.1 Å². The lowest BCUT2D eigenvalue weighted by molar-refractivity contribution is 0.102. The normalized spacial score (nSPS) is 10.3. The molecule has 0 atom stereocenters. The van der Waals surface area contributed by atoms with Gasteiger partial charge in [-0.25, -0.2) is 4.39 Å². The zero-order chi connectivity index (χ0) is 14.0. The average molecular weight is 343 g/mol. The molecule has 0 aliphatic heterocycles. The Morgan fingerprint density at radius 1 is 1.26 bits per heavy atom. The molecule has 0 aliphatic carbocycles. The number of carbonyl (C=O) groups excluding carboxylic acids is 1. The summed E-state index contributed by atoms with van der Waals surface area (Å²) >= 11 is 9.22. The van der Waals surface area contributed by atoms with Gasteiger partial charge in [-0.3, -0.25) is 4.79 Å². The predicted octanol–water partition coefficient (Wildman–Crippen LogP) is 4.80. The molecule has 5 heteroatoms. The Hall–Kier alpha value is -1.39. The maximum atomic E-state index is 12.9. The Kier molecular flexibility index (Phi) is 4.22. The zero-order valence-corrected chi connectivity index (χ0v) is 12.3. The van der Waals surface area contributed by atoms with Gasteiger partial charge in [0.1, 0.15) is 5.82 Å². The van der Waals surface area contributed by atoms with Crippen molar-refractivity contribution < 1.29 is 9.18 Å². The summed E-state index contributed by atoms with van der Waals surface area (Å²) < 4.78 is 13.9. The van der Waals surface area contributed by atoms with Crippen LogP contribution in [-0.2, 0) is 0 Å². The lowest BCUT2D eigenvalue weighted by atomic mass is 10.2. The fourth-order valence-electron chi connectivity index (χ4n) is 1.59. The van der Waals surface area contributed by atoms with Gasteiger partial charge in [0.15, 0.2) is 0 Å². The first kappa shape index (κ1) is 14.0. The summed E-state index contributed by atoms with van der Waals surface area (Å²) in [5.41, 5.74) is 1.90. The van der Waals surface area contributed by atoms with Crippen molar-refractivity contribution in [2.75, 3.05) is 5.32 Å². The molecule has 1 amide bonds. The molecule has 0 aliphatic rings. The van der Waals surface area contributed by atoms with Gasteiger partial charge in [-0.05, 0) is 48.9 Å². The van der Waals surface area contributed by atoms with E-state index in [2.05, 4.69) is 21.2 Å². The molecule has 0 saturated carbocycles. The first-order chi connectivity index (χ1) is 8.97. The van der Waals surface area contributed by atoms with Gasteiger partial charge >= 0.3 is 0 Å². The zero-order valence-electron chi connectivity index (χ0n) is 10.0. The van der Waals surface area contributed by atoms with Crippen molar-refractivity contribution in [3.05, 3.63) is 62.8 Å². The van der Waals surface area contributed by atoms with Gasteiger partial charge in [0.25, 0.3) is 5.91 Å². The van der Waals surface area contributed by atoms with Gasteiger partial charge in [0.2, 0.25) is 0 Å². The third-order valence-electron chi connectivity index (χ3n) is 2.59. The van der Waals surface area contributed by atoms with Gasteiger partial charge < -0.3 is 5.32 Å². The van der Waals surface area contributed by atoms with Crippen molar-refractivity contribution in [1.29, 1.82) is 0 Å². The number of halogens is 3. The van der Waals surface area contributed by atoms with Crippen LogP contribution in [0, 0.1) is 12.7 Å². The Labute approximate surface area is 123 Å². The Bertz CT molecular complexity index is 645. The lowest BCUT2D eigenvalue weighted by Crippen LogP contribution is -2.12.